The van der Waals surface area contributed by atoms with Gasteiger partial charge in [0.1, 0.15) is 11.4 Å². The molecule has 200 valence electrons. The summed E-state index contributed by atoms with van der Waals surface area (Å²) >= 11 is 0. The second-order valence-corrected chi connectivity index (χ2v) is 10.8. The standard InChI is InChI=1S/C30H34FN3O4/c1-30(2,3)38-29(35)33(20-23-7-6-10-27(18-23)34(36)37)16-15-32-21-25-9-5-4-8-24(25)19-28(32)17-22-11-13-26(31)14-12-22/h4-14,18,28H,15-17,19-21H2,1-3H3. The molecule has 1 heterocycles. The molecule has 1 unspecified atom stereocenters. The molecular formula is C30H34FN3O4. The predicted molar refractivity (Wildman–Crippen MR) is 144 cm³/mol. The van der Waals surface area contributed by atoms with Crippen molar-refractivity contribution in [1.82, 2.24) is 9.80 Å². The van der Waals surface area contributed by atoms with Gasteiger partial charge in [-0.05, 0) is 68.0 Å². The van der Waals surface area contributed by atoms with E-state index in [9.17, 15) is 19.3 Å². The number of non-ortho nitro benzene ring substituents is 1. The van der Waals surface area contributed by atoms with Crippen LogP contribution in [0.15, 0.2) is 72.8 Å². The average molecular weight is 520 g/mol. The van der Waals surface area contributed by atoms with E-state index >= 15 is 0 Å². The van der Waals surface area contributed by atoms with E-state index in [-0.39, 0.29) is 24.1 Å². The Labute approximate surface area is 223 Å². The lowest BCUT2D eigenvalue weighted by Gasteiger charge is -2.38. The third-order valence-electron chi connectivity index (χ3n) is 6.65. The first kappa shape index (κ1) is 27.3. The molecule has 4 rings (SSSR count). The molecule has 0 fully saturated rings. The van der Waals surface area contributed by atoms with E-state index in [1.807, 2.05) is 45.0 Å². The van der Waals surface area contributed by atoms with Crippen molar-refractivity contribution in [3.8, 4) is 0 Å². The lowest BCUT2D eigenvalue weighted by atomic mass is 9.90. The molecule has 0 aromatic heterocycles. The van der Waals surface area contributed by atoms with Crippen LogP contribution in [0.2, 0.25) is 0 Å². The molecular weight excluding hydrogens is 485 g/mol. The summed E-state index contributed by atoms with van der Waals surface area (Å²) < 4.78 is 19.2. The second kappa shape index (κ2) is 11.7. The number of nitro groups is 1. The molecule has 0 radical (unpaired) electrons. The first-order valence-electron chi connectivity index (χ1n) is 12.8. The van der Waals surface area contributed by atoms with E-state index < -0.39 is 16.6 Å². The fourth-order valence-electron chi connectivity index (χ4n) is 4.80. The van der Waals surface area contributed by atoms with Gasteiger partial charge in [0.15, 0.2) is 0 Å². The van der Waals surface area contributed by atoms with Gasteiger partial charge < -0.3 is 9.64 Å². The summed E-state index contributed by atoms with van der Waals surface area (Å²) in [6, 6.07) is 21.5. The van der Waals surface area contributed by atoms with Crippen LogP contribution in [0, 0.1) is 15.9 Å². The monoisotopic (exact) mass is 519 g/mol. The largest absolute Gasteiger partial charge is 0.444 e. The Bertz CT molecular complexity index is 1270. The number of ether oxygens (including phenoxy) is 1. The highest BCUT2D eigenvalue weighted by atomic mass is 19.1. The van der Waals surface area contributed by atoms with Gasteiger partial charge in [0, 0.05) is 44.4 Å². The smallest absolute Gasteiger partial charge is 0.410 e. The van der Waals surface area contributed by atoms with Crippen molar-refractivity contribution in [2.75, 3.05) is 13.1 Å². The fourth-order valence-corrected chi connectivity index (χ4v) is 4.80. The normalized spacial score (nSPS) is 15.5. The molecule has 1 amide bonds. The highest BCUT2D eigenvalue weighted by Gasteiger charge is 2.28. The highest BCUT2D eigenvalue weighted by molar-refractivity contribution is 5.68. The van der Waals surface area contributed by atoms with Gasteiger partial charge in [0.2, 0.25) is 0 Å². The minimum Gasteiger partial charge on any atom is -0.444 e. The average Bonchev–Trinajstić information content (AvgIpc) is 2.87. The van der Waals surface area contributed by atoms with Crippen LogP contribution in [0.4, 0.5) is 14.9 Å². The molecule has 38 heavy (non-hydrogen) atoms. The molecule has 0 aliphatic carbocycles. The zero-order valence-electron chi connectivity index (χ0n) is 22.1. The SMILES string of the molecule is CC(C)(C)OC(=O)N(CCN1Cc2ccccc2CC1Cc1ccc(F)cc1)Cc1cccc([N+](=O)[O-])c1. The summed E-state index contributed by atoms with van der Waals surface area (Å²) in [5, 5.41) is 11.3. The summed E-state index contributed by atoms with van der Waals surface area (Å²) in [5.41, 5.74) is 3.59. The fraction of sp³-hybridized carbons (Fsp3) is 0.367. The molecule has 0 N–H and O–H groups in total. The van der Waals surface area contributed by atoms with E-state index in [1.54, 1.807) is 17.0 Å². The molecule has 7 nitrogen and oxygen atoms in total. The Hall–Kier alpha value is -3.78. The minimum absolute atomic E-state index is 0.0151. The lowest BCUT2D eigenvalue weighted by Crippen LogP contribution is -2.47. The number of fused-ring (bicyclic) bond motifs is 1. The first-order valence-corrected chi connectivity index (χ1v) is 12.8. The van der Waals surface area contributed by atoms with Crippen molar-refractivity contribution < 1.29 is 18.8 Å². The molecule has 0 saturated carbocycles. The van der Waals surface area contributed by atoms with E-state index in [1.165, 1.54) is 35.4 Å². The topological polar surface area (TPSA) is 75.9 Å². The van der Waals surface area contributed by atoms with Gasteiger partial charge in [0.25, 0.3) is 5.69 Å². The summed E-state index contributed by atoms with van der Waals surface area (Å²) in [6.07, 6.45) is 1.15. The van der Waals surface area contributed by atoms with Crippen molar-refractivity contribution in [3.63, 3.8) is 0 Å². The first-order chi connectivity index (χ1) is 18.1. The Balaban J connectivity index is 1.54. The number of carbonyl (C=O) groups is 1. The number of benzene rings is 3. The van der Waals surface area contributed by atoms with E-state index in [2.05, 4.69) is 17.0 Å². The number of nitrogens with zero attached hydrogens (tertiary/aromatic N) is 3. The number of carbonyl (C=O) groups excluding carboxylic acids is 1. The molecule has 1 aliphatic rings. The van der Waals surface area contributed by atoms with Crippen LogP contribution in [0.1, 0.15) is 43.0 Å². The number of nitro benzene ring substituents is 1. The van der Waals surface area contributed by atoms with Crippen LogP contribution in [0.3, 0.4) is 0 Å². The van der Waals surface area contributed by atoms with Crippen LogP contribution in [0.5, 0.6) is 0 Å². The Morgan fingerprint density at radius 2 is 1.76 bits per heavy atom. The molecule has 0 spiro atoms. The van der Waals surface area contributed by atoms with Crippen molar-refractivity contribution in [2.24, 2.45) is 0 Å². The number of halogens is 1. The maximum absolute atomic E-state index is 13.5. The molecule has 0 saturated heterocycles. The van der Waals surface area contributed by atoms with E-state index in [0.717, 1.165) is 24.9 Å². The van der Waals surface area contributed by atoms with Gasteiger partial charge in [-0.3, -0.25) is 15.0 Å². The summed E-state index contributed by atoms with van der Waals surface area (Å²) in [6.45, 7) is 7.36. The van der Waals surface area contributed by atoms with Crippen molar-refractivity contribution in [3.05, 3.63) is 111 Å². The molecule has 0 bridgehead atoms. The third kappa shape index (κ3) is 7.38. The van der Waals surface area contributed by atoms with Gasteiger partial charge >= 0.3 is 6.09 Å². The van der Waals surface area contributed by atoms with E-state index in [0.29, 0.717) is 18.7 Å². The zero-order valence-corrected chi connectivity index (χ0v) is 22.1. The van der Waals surface area contributed by atoms with Gasteiger partial charge in [-0.25, -0.2) is 9.18 Å². The maximum atomic E-state index is 13.5. The molecule has 3 aromatic carbocycles. The molecule has 3 aromatic rings. The van der Waals surface area contributed by atoms with Crippen LogP contribution >= 0.6 is 0 Å². The summed E-state index contributed by atoms with van der Waals surface area (Å²) in [5.74, 6) is -0.256. The van der Waals surface area contributed by atoms with Gasteiger partial charge in [-0.15, -0.1) is 0 Å². The lowest BCUT2D eigenvalue weighted by molar-refractivity contribution is -0.384. The third-order valence-corrected chi connectivity index (χ3v) is 6.65. The van der Waals surface area contributed by atoms with Crippen LogP contribution in [-0.4, -0.2) is 45.5 Å². The summed E-state index contributed by atoms with van der Waals surface area (Å²) in [4.78, 5) is 28.0. The van der Waals surface area contributed by atoms with Crippen LogP contribution in [-0.2, 0) is 30.7 Å². The minimum atomic E-state index is -0.673. The number of hydrogen-bond acceptors (Lipinski definition) is 5. The van der Waals surface area contributed by atoms with Crippen molar-refractivity contribution in [2.45, 2.75) is 58.3 Å². The molecule has 1 atom stereocenters. The van der Waals surface area contributed by atoms with Gasteiger partial charge in [-0.1, -0.05) is 48.5 Å². The van der Waals surface area contributed by atoms with Crippen molar-refractivity contribution in [1.29, 1.82) is 0 Å². The summed E-state index contributed by atoms with van der Waals surface area (Å²) in [7, 11) is 0. The molecule has 1 aliphatic heterocycles. The number of amides is 1. The zero-order chi connectivity index (χ0) is 27.3. The van der Waals surface area contributed by atoms with Crippen LogP contribution < -0.4 is 0 Å². The Morgan fingerprint density at radius 3 is 2.45 bits per heavy atom. The second-order valence-electron chi connectivity index (χ2n) is 10.8. The number of hydrogen-bond donors (Lipinski definition) is 0. The number of rotatable bonds is 8. The van der Waals surface area contributed by atoms with Gasteiger partial charge in [0.05, 0.1) is 4.92 Å². The maximum Gasteiger partial charge on any atom is 0.410 e. The quantitative estimate of drug-likeness (QED) is 0.264. The Morgan fingerprint density at radius 1 is 1.05 bits per heavy atom. The van der Waals surface area contributed by atoms with E-state index in [4.69, 9.17) is 4.74 Å². The van der Waals surface area contributed by atoms with Crippen molar-refractivity contribution >= 4 is 11.8 Å². The highest BCUT2D eigenvalue weighted by Crippen LogP contribution is 2.26. The van der Waals surface area contributed by atoms with Crippen LogP contribution in [0.25, 0.3) is 0 Å². The van der Waals surface area contributed by atoms with Gasteiger partial charge in [-0.2, -0.15) is 0 Å². The predicted octanol–water partition coefficient (Wildman–Crippen LogP) is 6.14. The molecule has 8 heteroatoms. The Kier molecular flexibility index (Phi) is 8.42.